The number of fused-ring (bicyclic) bond motifs is 1. The Morgan fingerprint density at radius 1 is 1.07 bits per heavy atom. The summed E-state index contributed by atoms with van der Waals surface area (Å²) >= 11 is 0. The van der Waals surface area contributed by atoms with Crippen molar-refractivity contribution in [2.75, 3.05) is 7.11 Å². The molecule has 0 bridgehead atoms. The van der Waals surface area contributed by atoms with Crippen LogP contribution in [0.2, 0.25) is 0 Å². The molecular weight excluding hydrogens is 376 g/mol. The van der Waals surface area contributed by atoms with E-state index >= 15 is 0 Å². The highest BCUT2D eigenvalue weighted by molar-refractivity contribution is 5.86. The molecule has 0 fully saturated rings. The number of hydrogen-bond donors (Lipinski definition) is 1. The summed E-state index contributed by atoms with van der Waals surface area (Å²) in [5.41, 5.74) is 4.91. The molecule has 3 aromatic rings. The van der Waals surface area contributed by atoms with Gasteiger partial charge in [-0.05, 0) is 69.5 Å². The van der Waals surface area contributed by atoms with E-state index in [-0.39, 0.29) is 18.1 Å². The number of ether oxygens (including phenoxy) is 2. The van der Waals surface area contributed by atoms with Crippen LogP contribution in [0, 0.1) is 13.8 Å². The third-order valence-electron chi connectivity index (χ3n) is 5.25. The Balaban J connectivity index is 1.76. The maximum atomic E-state index is 12.8. The van der Waals surface area contributed by atoms with Gasteiger partial charge in [0.15, 0.2) is 11.5 Å². The van der Waals surface area contributed by atoms with E-state index in [1.165, 1.54) is 0 Å². The minimum atomic E-state index is -0.159. The van der Waals surface area contributed by atoms with Gasteiger partial charge in [0.2, 0.25) is 5.91 Å². The molecule has 5 nitrogen and oxygen atoms in total. The minimum Gasteiger partial charge on any atom is -0.493 e. The van der Waals surface area contributed by atoms with Gasteiger partial charge >= 0.3 is 0 Å². The van der Waals surface area contributed by atoms with Gasteiger partial charge in [0.05, 0.1) is 31.2 Å². The van der Waals surface area contributed by atoms with Crippen LogP contribution in [0.25, 0.3) is 10.9 Å². The van der Waals surface area contributed by atoms with Crippen LogP contribution < -0.4 is 14.8 Å². The fourth-order valence-corrected chi connectivity index (χ4v) is 3.67. The molecule has 2 aromatic carbocycles. The van der Waals surface area contributed by atoms with Crippen LogP contribution in [-0.4, -0.2) is 24.1 Å². The van der Waals surface area contributed by atoms with E-state index in [1.807, 2.05) is 70.2 Å². The summed E-state index contributed by atoms with van der Waals surface area (Å²) in [5, 5.41) is 4.18. The number of rotatable bonds is 7. The van der Waals surface area contributed by atoms with Crippen LogP contribution in [0.4, 0.5) is 0 Å². The van der Waals surface area contributed by atoms with E-state index in [2.05, 4.69) is 17.2 Å². The van der Waals surface area contributed by atoms with Crippen molar-refractivity contribution >= 4 is 16.8 Å². The van der Waals surface area contributed by atoms with Crippen molar-refractivity contribution in [1.29, 1.82) is 0 Å². The molecule has 30 heavy (non-hydrogen) atoms. The highest BCUT2D eigenvalue weighted by Gasteiger charge is 2.17. The fourth-order valence-electron chi connectivity index (χ4n) is 3.67. The highest BCUT2D eigenvalue weighted by atomic mass is 16.5. The molecular formula is C25H30N2O3. The molecule has 1 unspecified atom stereocenters. The third-order valence-corrected chi connectivity index (χ3v) is 5.25. The lowest BCUT2D eigenvalue weighted by molar-refractivity contribution is -0.121. The number of amides is 1. The number of aryl methyl sites for hydroxylation is 2. The summed E-state index contributed by atoms with van der Waals surface area (Å²) in [6.07, 6.45) is 0.356. The van der Waals surface area contributed by atoms with Crippen LogP contribution in [0.15, 0.2) is 42.5 Å². The number of benzene rings is 2. The summed E-state index contributed by atoms with van der Waals surface area (Å²) < 4.78 is 11.2. The van der Waals surface area contributed by atoms with E-state index in [4.69, 9.17) is 9.47 Å². The van der Waals surface area contributed by atoms with Crippen molar-refractivity contribution < 1.29 is 14.3 Å². The molecule has 0 saturated carbocycles. The van der Waals surface area contributed by atoms with Crippen LogP contribution >= 0.6 is 0 Å². The predicted molar refractivity (Wildman–Crippen MR) is 120 cm³/mol. The molecule has 0 aliphatic heterocycles. The van der Waals surface area contributed by atoms with Crippen molar-refractivity contribution in [2.24, 2.45) is 0 Å². The van der Waals surface area contributed by atoms with Crippen LogP contribution in [0.5, 0.6) is 11.5 Å². The molecule has 1 aromatic heterocycles. The molecule has 0 aliphatic rings. The number of hydrogen-bond acceptors (Lipinski definition) is 4. The zero-order valence-electron chi connectivity index (χ0n) is 18.6. The average molecular weight is 407 g/mol. The number of nitrogens with zero attached hydrogens (tertiary/aromatic N) is 1. The summed E-state index contributed by atoms with van der Waals surface area (Å²) in [5.74, 6) is 1.32. The third kappa shape index (κ3) is 4.73. The molecule has 3 rings (SSSR count). The van der Waals surface area contributed by atoms with E-state index in [9.17, 15) is 4.79 Å². The van der Waals surface area contributed by atoms with Gasteiger partial charge in [-0.15, -0.1) is 0 Å². The molecule has 1 heterocycles. The van der Waals surface area contributed by atoms with Crippen LogP contribution in [-0.2, 0) is 11.2 Å². The monoisotopic (exact) mass is 406 g/mol. The number of pyridine rings is 1. The number of nitrogens with one attached hydrogen (secondary N) is 1. The fraction of sp³-hybridized carbons (Fsp3) is 0.360. The largest absolute Gasteiger partial charge is 0.493 e. The Bertz CT molecular complexity index is 1060. The molecule has 1 amide bonds. The standard InChI is InChI=1S/C25H30N2O3/c1-15(2)30-23-12-11-19(13-24(23)29-6)17(4)27-25(28)14-21-16(3)20-9-7-8-10-22(20)26-18(21)5/h7-13,15,17H,14H2,1-6H3,(H,27,28). The first-order chi connectivity index (χ1) is 14.3. The van der Waals surface area contributed by atoms with Gasteiger partial charge in [0.25, 0.3) is 0 Å². The maximum absolute atomic E-state index is 12.8. The summed E-state index contributed by atoms with van der Waals surface area (Å²) in [7, 11) is 1.62. The van der Waals surface area contributed by atoms with Gasteiger partial charge in [0, 0.05) is 11.1 Å². The van der Waals surface area contributed by atoms with Crippen molar-refractivity contribution in [1.82, 2.24) is 10.3 Å². The van der Waals surface area contributed by atoms with Gasteiger partial charge < -0.3 is 14.8 Å². The molecule has 0 saturated heterocycles. The molecule has 158 valence electrons. The number of aromatic nitrogens is 1. The lowest BCUT2D eigenvalue weighted by Crippen LogP contribution is -2.28. The zero-order chi connectivity index (χ0) is 21.8. The van der Waals surface area contributed by atoms with E-state index < -0.39 is 0 Å². The van der Waals surface area contributed by atoms with E-state index in [1.54, 1.807) is 7.11 Å². The van der Waals surface area contributed by atoms with Crippen LogP contribution in [0.3, 0.4) is 0 Å². The van der Waals surface area contributed by atoms with Gasteiger partial charge in [0.1, 0.15) is 0 Å². The molecule has 1 atom stereocenters. The number of methoxy groups -OCH3 is 1. The summed E-state index contributed by atoms with van der Waals surface area (Å²) in [4.78, 5) is 17.5. The Hall–Kier alpha value is -3.08. The zero-order valence-corrected chi connectivity index (χ0v) is 18.6. The molecule has 1 N–H and O–H groups in total. The average Bonchev–Trinajstić information content (AvgIpc) is 2.71. The maximum Gasteiger partial charge on any atom is 0.224 e. The Morgan fingerprint density at radius 3 is 2.50 bits per heavy atom. The number of para-hydroxylation sites is 1. The Kier molecular flexibility index (Phi) is 6.60. The van der Waals surface area contributed by atoms with Crippen molar-refractivity contribution in [3.63, 3.8) is 0 Å². The van der Waals surface area contributed by atoms with Gasteiger partial charge in [-0.1, -0.05) is 24.3 Å². The number of carbonyl (C=O) groups is 1. The highest BCUT2D eigenvalue weighted by Crippen LogP contribution is 2.31. The molecule has 0 spiro atoms. The first-order valence-electron chi connectivity index (χ1n) is 10.3. The van der Waals surface area contributed by atoms with Gasteiger partial charge in [-0.2, -0.15) is 0 Å². The van der Waals surface area contributed by atoms with Crippen molar-refractivity contribution in [3.8, 4) is 11.5 Å². The lowest BCUT2D eigenvalue weighted by Gasteiger charge is -2.19. The first-order valence-corrected chi connectivity index (χ1v) is 10.3. The second kappa shape index (κ2) is 9.16. The van der Waals surface area contributed by atoms with E-state index in [0.717, 1.165) is 33.3 Å². The van der Waals surface area contributed by atoms with Crippen LogP contribution in [0.1, 0.15) is 49.2 Å². The summed E-state index contributed by atoms with van der Waals surface area (Å²) in [6, 6.07) is 13.6. The Labute approximate surface area is 178 Å². The second-order valence-electron chi connectivity index (χ2n) is 7.86. The molecule has 0 aliphatic carbocycles. The smallest absolute Gasteiger partial charge is 0.224 e. The van der Waals surface area contributed by atoms with E-state index in [0.29, 0.717) is 17.9 Å². The predicted octanol–water partition coefficient (Wildman–Crippen LogP) is 5.07. The number of carbonyl (C=O) groups excluding carboxylic acids is 1. The molecule has 5 heteroatoms. The quantitative estimate of drug-likeness (QED) is 0.595. The van der Waals surface area contributed by atoms with Crippen molar-refractivity contribution in [2.45, 2.75) is 53.2 Å². The first kappa shape index (κ1) is 21.6. The Morgan fingerprint density at radius 2 is 1.80 bits per heavy atom. The van der Waals surface area contributed by atoms with Crippen molar-refractivity contribution in [3.05, 3.63) is 64.8 Å². The SMILES string of the molecule is COc1cc(C(C)NC(=O)Cc2c(C)nc3ccccc3c2C)ccc1OC(C)C. The topological polar surface area (TPSA) is 60.5 Å². The minimum absolute atomic E-state index is 0.0349. The normalized spacial score (nSPS) is 12.1. The van der Waals surface area contributed by atoms with Gasteiger partial charge in [-0.25, -0.2) is 0 Å². The van der Waals surface area contributed by atoms with Gasteiger partial charge in [-0.3, -0.25) is 9.78 Å². The molecule has 0 radical (unpaired) electrons. The summed E-state index contributed by atoms with van der Waals surface area (Å²) in [6.45, 7) is 9.93. The lowest BCUT2D eigenvalue weighted by atomic mass is 9.99. The second-order valence-corrected chi connectivity index (χ2v) is 7.86.